The average Bonchev–Trinajstić information content (AvgIpc) is 2.24. The monoisotopic (exact) mass is 235 g/mol. The fourth-order valence-corrected chi connectivity index (χ4v) is 3.57. The SMILES string of the molecule is CC(C)NC1c2ccccc2SC(C)C1C. The van der Waals surface area contributed by atoms with Crippen molar-refractivity contribution >= 4 is 11.8 Å². The maximum Gasteiger partial charge on any atom is 0.0369 e. The van der Waals surface area contributed by atoms with Gasteiger partial charge in [0.05, 0.1) is 0 Å². The summed E-state index contributed by atoms with van der Waals surface area (Å²) in [4.78, 5) is 1.45. The molecule has 1 aliphatic heterocycles. The quantitative estimate of drug-likeness (QED) is 0.835. The van der Waals surface area contributed by atoms with E-state index in [0.29, 0.717) is 23.3 Å². The first kappa shape index (κ1) is 12.0. The Labute approximate surface area is 103 Å². The Morgan fingerprint density at radius 3 is 2.56 bits per heavy atom. The number of fused-ring (bicyclic) bond motifs is 1. The summed E-state index contributed by atoms with van der Waals surface area (Å²) in [6.07, 6.45) is 0. The molecule has 0 saturated carbocycles. The molecule has 1 aliphatic rings. The number of hydrogen-bond donors (Lipinski definition) is 1. The van der Waals surface area contributed by atoms with Gasteiger partial charge < -0.3 is 5.32 Å². The molecule has 0 aromatic heterocycles. The second-order valence-electron chi connectivity index (χ2n) is 5.02. The molecule has 1 aromatic rings. The Hall–Kier alpha value is -0.470. The molecule has 1 nitrogen and oxygen atoms in total. The lowest BCUT2D eigenvalue weighted by Gasteiger charge is -2.37. The van der Waals surface area contributed by atoms with Gasteiger partial charge in [0, 0.05) is 22.2 Å². The van der Waals surface area contributed by atoms with Crippen LogP contribution in [0.25, 0.3) is 0 Å². The lowest BCUT2D eigenvalue weighted by molar-refractivity contribution is 0.348. The fraction of sp³-hybridized carbons (Fsp3) is 0.571. The molecule has 2 rings (SSSR count). The maximum atomic E-state index is 3.70. The van der Waals surface area contributed by atoms with Crippen molar-refractivity contribution in [3.05, 3.63) is 29.8 Å². The van der Waals surface area contributed by atoms with E-state index in [0.717, 1.165) is 0 Å². The topological polar surface area (TPSA) is 12.0 Å². The van der Waals surface area contributed by atoms with Crippen LogP contribution in [0.3, 0.4) is 0 Å². The van der Waals surface area contributed by atoms with Crippen LogP contribution < -0.4 is 5.32 Å². The number of benzene rings is 1. The zero-order chi connectivity index (χ0) is 11.7. The maximum absolute atomic E-state index is 3.70. The molecule has 0 saturated heterocycles. The number of rotatable bonds is 2. The minimum Gasteiger partial charge on any atom is -0.307 e. The molecule has 88 valence electrons. The van der Waals surface area contributed by atoms with Gasteiger partial charge in [0.15, 0.2) is 0 Å². The van der Waals surface area contributed by atoms with Gasteiger partial charge in [-0.15, -0.1) is 11.8 Å². The van der Waals surface area contributed by atoms with Crippen LogP contribution in [0.15, 0.2) is 29.2 Å². The third kappa shape index (κ3) is 2.28. The minimum absolute atomic E-state index is 0.507. The molecule has 3 atom stereocenters. The van der Waals surface area contributed by atoms with Gasteiger partial charge in [-0.25, -0.2) is 0 Å². The van der Waals surface area contributed by atoms with E-state index in [-0.39, 0.29) is 0 Å². The molecule has 3 unspecified atom stereocenters. The number of hydrogen-bond acceptors (Lipinski definition) is 2. The molecule has 0 spiro atoms. The predicted octanol–water partition coefficient (Wildman–Crippen LogP) is 3.86. The lowest BCUT2D eigenvalue weighted by Crippen LogP contribution is -2.37. The van der Waals surface area contributed by atoms with Crippen LogP contribution in [0, 0.1) is 5.92 Å². The van der Waals surface area contributed by atoms with E-state index in [1.807, 2.05) is 11.8 Å². The van der Waals surface area contributed by atoms with Crippen molar-refractivity contribution in [1.29, 1.82) is 0 Å². The van der Waals surface area contributed by atoms with E-state index in [9.17, 15) is 0 Å². The van der Waals surface area contributed by atoms with Crippen molar-refractivity contribution in [2.75, 3.05) is 0 Å². The molecular formula is C14H21NS. The van der Waals surface area contributed by atoms with Crippen LogP contribution >= 0.6 is 11.8 Å². The highest BCUT2D eigenvalue weighted by atomic mass is 32.2. The normalized spacial score (nSPS) is 29.2. The highest BCUT2D eigenvalue weighted by molar-refractivity contribution is 8.00. The van der Waals surface area contributed by atoms with Gasteiger partial charge in [-0.05, 0) is 17.5 Å². The summed E-state index contributed by atoms with van der Waals surface area (Å²) in [6.45, 7) is 9.14. The van der Waals surface area contributed by atoms with Gasteiger partial charge in [-0.1, -0.05) is 45.9 Å². The number of nitrogens with one attached hydrogen (secondary N) is 1. The van der Waals surface area contributed by atoms with E-state index >= 15 is 0 Å². The summed E-state index contributed by atoms with van der Waals surface area (Å²) in [7, 11) is 0. The minimum atomic E-state index is 0.507. The molecule has 0 amide bonds. The lowest BCUT2D eigenvalue weighted by atomic mass is 9.91. The second kappa shape index (κ2) is 4.80. The van der Waals surface area contributed by atoms with Crippen LogP contribution in [0.2, 0.25) is 0 Å². The van der Waals surface area contributed by atoms with Crippen molar-refractivity contribution in [1.82, 2.24) is 5.32 Å². The molecule has 1 aromatic carbocycles. The van der Waals surface area contributed by atoms with Crippen molar-refractivity contribution in [2.24, 2.45) is 5.92 Å². The highest BCUT2D eigenvalue weighted by Gasteiger charge is 2.31. The van der Waals surface area contributed by atoms with E-state index in [2.05, 4.69) is 57.3 Å². The third-order valence-electron chi connectivity index (χ3n) is 3.35. The first-order chi connectivity index (χ1) is 7.59. The zero-order valence-corrected chi connectivity index (χ0v) is 11.3. The molecule has 0 fully saturated rings. The largest absolute Gasteiger partial charge is 0.307 e. The van der Waals surface area contributed by atoms with Crippen LogP contribution in [0.1, 0.15) is 39.3 Å². The molecule has 2 heteroatoms. The predicted molar refractivity (Wildman–Crippen MR) is 71.9 cm³/mol. The smallest absolute Gasteiger partial charge is 0.0369 e. The van der Waals surface area contributed by atoms with Gasteiger partial charge >= 0.3 is 0 Å². The summed E-state index contributed by atoms with van der Waals surface area (Å²) in [5.74, 6) is 0.683. The van der Waals surface area contributed by atoms with Crippen molar-refractivity contribution in [3.63, 3.8) is 0 Å². The van der Waals surface area contributed by atoms with Crippen molar-refractivity contribution < 1.29 is 0 Å². The van der Waals surface area contributed by atoms with Gasteiger partial charge in [0.25, 0.3) is 0 Å². The third-order valence-corrected chi connectivity index (χ3v) is 4.77. The van der Waals surface area contributed by atoms with Crippen LogP contribution in [0.4, 0.5) is 0 Å². The van der Waals surface area contributed by atoms with Gasteiger partial charge in [0.1, 0.15) is 0 Å². The summed E-state index contributed by atoms with van der Waals surface area (Å²) < 4.78 is 0. The Morgan fingerprint density at radius 1 is 1.19 bits per heavy atom. The van der Waals surface area contributed by atoms with Crippen LogP contribution in [-0.2, 0) is 0 Å². The fourth-order valence-electron chi connectivity index (χ4n) is 2.31. The Bertz CT molecular complexity index is 362. The molecule has 16 heavy (non-hydrogen) atoms. The molecular weight excluding hydrogens is 214 g/mol. The highest BCUT2D eigenvalue weighted by Crippen LogP contribution is 2.43. The molecule has 0 radical (unpaired) electrons. The molecule has 0 bridgehead atoms. The van der Waals surface area contributed by atoms with Gasteiger partial charge in [-0.3, -0.25) is 0 Å². The van der Waals surface area contributed by atoms with Gasteiger partial charge in [-0.2, -0.15) is 0 Å². The Kier molecular flexibility index (Phi) is 3.60. The first-order valence-corrected chi connectivity index (χ1v) is 6.99. The van der Waals surface area contributed by atoms with Crippen LogP contribution in [-0.4, -0.2) is 11.3 Å². The summed E-state index contributed by atoms with van der Waals surface area (Å²) >= 11 is 2.01. The zero-order valence-electron chi connectivity index (χ0n) is 10.5. The summed E-state index contributed by atoms with van der Waals surface area (Å²) in [5, 5.41) is 4.39. The second-order valence-corrected chi connectivity index (χ2v) is 6.44. The van der Waals surface area contributed by atoms with Crippen molar-refractivity contribution in [2.45, 2.75) is 49.9 Å². The average molecular weight is 235 g/mol. The summed E-state index contributed by atoms with van der Waals surface area (Å²) in [5.41, 5.74) is 1.48. The van der Waals surface area contributed by atoms with Gasteiger partial charge in [0.2, 0.25) is 0 Å². The Balaban J connectivity index is 2.34. The van der Waals surface area contributed by atoms with E-state index in [1.54, 1.807) is 0 Å². The molecule has 0 aliphatic carbocycles. The van der Waals surface area contributed by atoms with Crippen molar-refractivity contribution in [3.8, 4) is 0 Å². The first-order valence-electron chi connectivity index (χ1n) is 6.11. The molecule has 1 N–H and O–H groups in total. The van der Waals surface area contributed by atoms with E-state index in [1.165, 1.54) is 10.5 Å². The Morgan fingerprint density at radius 2 is 1.88 bits per heavy atom. The molecule has 1 heterocycles. The standard InChI is InChI=1S/C14H21NS/c1-9(2)15-14-10(3)11(4)16-13-8-6-5-7-12(13)14/h5-11,14-15H,1-4H3. The van der Waals surface area contributed by atoms with E-state index in [4.69, 9.17) is 0 Å². The number of thioether (sulfide) groups is 1. The summed E-state index contributed by atoms with van der Waals surface area (Å²) in [6, 6.07) is 9.85. The van der Waals surface area contributed by atoms with Crippen LogP contribution in [0.5, 0.6) is 0 Å². The van der Waals surface area contributed by atoms with E-state index < -0.39 is 0 Å².